The number of hydrogen-bond acceptors (Lipinski definition) is 2. The summed E-state index contributed by atoms with van der Waals surface area (Å²) in [4.78, 5) is 2.45. The minimum Gasteiger partial charge on any atom is -0.367 e. The van der Waals surface area contributed by atoms with E-state index >= 15 is 0 Å². The zero-order valence-corrected chi connectivity index (χ0v) is 13.3. The van der Waals surface area contributed by atoms with E-state index < -0.39 is 0 Å². The maximum absolute atomic E-state index is 3.68. The fourth-order valence-electron chi connectivity index (χ4n) is 2.78. The van der Waals surface area contributed by atoms with E-state index in [4.69, 9.17) is 0 Å². The molecule has 2 aromatic carbocycles. The number of benzene rings is 2. The quantitative estimate of drug-likeness (QED) is 0.922. The van der Waals surface area contributed by atoms with Crippen molar-refractivity contribution in [1.29, 1.82) is 0 Å². The topological polar surface area (TPSA) is 15.3 Å². The maximum Gasteiger partial charge on any atom is 0.0432 e. The molecule has 0 fully saturated rings. The Hall–Kier alpha value is -1.32. The number of anilines is 1. The molecule has 0 unspecified atom stereocenters. The minimum atomic E-state index is 0.893. The predicted molar refractivity (Wildman–Crippen MR) is 88.1 cm³/mol. The van der Waals surface area contributed by atoms with Crippen molar-refractivity contribution in [3.05, 3.63) is 63.6 Å². The van der Waals surface area contributed by atoms with Crippen molar-refractivity contribution < 1.29 is 0 Å². The van der Waals surface area contributed by atoms with Crippen LogP contribution in [0.3, 0.4) is 0 Å². The van der Waals surface area contributed by atoms with E-state index in [9.17, 15) is 0 Å². The fraction of sp³-hybridized carbons (Fsp3) is 0.294. The first-order valence-electron chi connectivity index (χ1n) is 7.02. The van der Waals surface area contributed by atoms with E-state index in [2.05, 4.69) is 68.6 Å². The smallest absolute Gasteiger partial charge is 0.0432 e. The van der Waals surface area contributed by atoms with Crippen molar-refractivity contribution in [3.8, 4) is 0 Å². The summed E-state index contributed by atoms with van der Waals surface area (Å²) in [5, 5.41) is 3.19. The van der Waals surface area contributed by atoms with Gasteiger partial charge in [-0.15, -0.1) is 0 Å². The third kappa shape index (κ3) is 2.74. The van der Waals surface area contributed by atoms with Crippen LogP contribution in [-0.2, 0) is 19.5 Å². The molecule has 1 heterocycles. The highest BCUT2D eigenvalue weighted by atomic mass is 79.9. The first-order chi connectivity index (χ1) is 9.78. The lowest BCUT2D eigenvalue weighted by Crippen LogP contribution is -2.30. The van der Waals surface area contributed by atoms with Gasteiger partial charge in [-0.25, -0.2) is 0 Å². The van der Waals surface area contributed by atoms with Gasteiger partial charge in [0.25, 0.3) is 0 Å². The Morgan fingerprint density at radius 3 is 2.70 bits per heavy atom. The van der Waals surface area contributed by atoms with Gasteiger partial charge >= 0.3 is 0 Å². The van der Waals surface area contributed by atoms with Gasteiger partial charge in [0.15, 0.2) is 0 Å². The average Bonchev–Trinajstić information content (AvgIpc) is 2.49. The number of nitrogens with zero attached hydrogens (tertiary/aromatic N) is 1. The van der Waals surface area contributed by atoms with Gasteiger partial charge in [-0.3, -0.25) is 0 Å². The highest BCUT2D eigenvalue weighted by Gasteiger charge is 2.16. The summed E-state index contributed by atoms with van der Waals surface area (Å²) in [6.45, 7) is 2.99. The minimum absolute atomic E-state index is 0.893. The van der Waals surface area contributed by atoms with Gasteiger partial charge in [0.05, 0.1) is 0 Å². The van der Waals surface area contributed by atoms with Crippen LogP contribution in [0.4, 0.5) is 5.69 Å². The Bertz CT molecular complexity index is 610. The fourth-order valence-corrected chi connectivity index (χ4v) is 3.29. The Balaban J connectivity index is 1.83. The first-order valence-corrected chi connectivity index (χ1v) is 7.82. The SMILES string of the molecule is CNCc1ccc(N2CCc3ccccc3C2)cc1Br. The molecular formula is C17H19BrN2. The molecule has 0 saturated heterocycles. The van der Waals surface area contributed by atoms with Crippen molar-refractivity contribution in [1.82, 2.24) is 5.32 Å². The van der Waals surface area contributed by atoms with E-state index in [0.717, 1.165) is 26.1 Å². The average molecular weight is 331 g/mol. The van der Waals surface area contributed by atoms with Gasteiger partial charge in [0, 0.05) is 29.8 Å². The lowest BCUT2D eigenvalue weighted by atomic mass is 9.99. The number of rotatable bonds is 3. The largest absolute Gasteiger partial charge is 0.367 e. The summed E-state index contributed by atoms with van der Waals surface area (Å²) in [5.74, 6) is 0. The molecule has 0 aliphatic carbocycles. The Kier molecular flexibility index (Phi) is 4.08. The third-order valence-electron chi connectivity index (χ3n) is 3.90. The van der Waals surface area contributed by atoms with Gasteiger partial charge < -0.3 is 10.2 Å². The molecule has 1 aliphatic rings. The van der Waals surface area contributed by atoms with Crippen molar-refractivity contribution in [3.63, 3.8) is 0 Å². The van der Waals surface area contributed by atoms with Crippen molar-refractivity contribution in [2.45, 2.75) is 19.5 Å². The third-order valence-corrected chi connectivity index (χ3v) is 4.64. The van der Waals surface area contributed by atoms with E-state index in [0.29, 0.717) is 0 Å². The molecule has 2 aromatic rings. The first kappa shape index (κ1) is 13.7. The Morgan fingerprint density at radius 2 is 1.95 bits per heavy atom. The zero-order valence-electron chi connectivity index (χ0n) is 11.7. The van der Waals surface area contributed by atoms with E-state index in [1.807, 2.05) is 7.05 Å². The second-order valence-corrected chi connectivity index (χ2v) is 6.10. The standard InChI is InChI=1S/C17H19BrN2/c1-19-11-14-6-7-16(10-17(14)18)20-9-8-13-4-2-3-5-15(13)12-20/h2-7,10,19H,8-9,11-12H2,1H3. The summed E-state index contributed by atoms with van der Waals surface area (Å²) in [7, 11) is 1.97. The lowest BCUT2D eigenvalue weighted by molar-refractivity contribution is 0.730. The van der Waals surface area contributed by atoms with Crippen molar-refractivity contribution >= 4 is 21.6 Å². The van der Waals surface area contributed by atoms with Crippen molar-refractivity contribution in [2.24, 2.45) is 0 Å². The van der Waals surface area contributed by atoms with Crippen LogP contribution in [0.2, 0.25) is 0 Å². The van der Waals surface area contributed by atoms with Gasteiger partial charge in [0.2, 0.25) is 0 Å². The van der Waals surface area contributed by atoms with Gasteiger partial charge in [0.1, 0.15) is 0 Å². The monoisotopic (exact) mass is 330 g/mol. The number of fused-ring (bicyclic) bond motifs is 1. The van der Waals surface area contributed by atoms with Crippen LogP contribution < -0.4 is 10.2 Å². The molecular weight excluding hydrogens is 312 g/mol. The van der Waals surface area contributed by atoms with Crippen LogP contribution in [0.5, 0.6) is 0 Å². The molecule has 0 saturated carbocycles. The van der Waals surface area contributed by atoms with Crippen LogP contribution in [0.1, 0.15) is 16.7 Å². The zero-order chi connectivity index (χ0) is 13.9. The predicted octanol–water partition coefficient (Wildman–Crippen LogP) is 3.73. The highest BCUT2D eigenvalue weighted by Crippen LogP contribution is 2.28. The molecule has 0 atom stereocenters. The lowest BCUT2D eigenvalue weighted by Gasteiger charge is -2.31. The number of nitrogens with one attached hydrogen (secondary N) is 1. The van der Waals surface area contributed by atoms with Crippen LogP contribution in [0, 0.1) is 0 Å². The second-order valence-electron chi connectivity index (χ2n) is 5.25. The van der Waals surface area contributed by atoms with E-state index in [-0.39, 0.29) is 0 Å². The Morgan fingerprint density at radius 1 is 1.15 bits per heavy atom. The molecule has 20 heavy (non-hydrogen) atoms. The van der Waals surface area contributed by atoms with E-state index in [1.54, 1.807) is 0 Å². The van der Waals surface area contributed by atoms with Crippen molar-refractivity contribution in [2.75, 3.05) is 18.5 Å². The van der Waals surface area contributed by atoms with Gasteiger partial charge in [-0.05, 0) is 42.3 Å². The molecule has 1 aliphatic heterocycles. The maximum atomic E-state index is 3.68. The Labute approximate surface area is 128 Å². The summed E-state index contributed by atoms with van der Waals surface area (Å²) in [5.41, 5.74) is 5.55. The molecule has 0 radical (unpaired) electrons. The van der Waals surface area contributed by atoms with Gasteiger partial charge in [-0.1, -0.05) is 46.3 Å². The molecule has 3 heteroatoms. The van der Waals surface area contributed by atoms with Crippen LogP contribution >= 0.6 is 15.9 Å². The number of halogens is 1. The van der Waals surface area contributed by atoms with E-state index in [1.165, 1.54) is 26.9 Å². The second kappa shape index (κ2) is 5.98. The molecule has 3 rings (SSSR count). The van der Waals surface area contributed by atoms with Crippen LogP contribution in [-0.4, -0.2) is 13.6 Å². The van der Waals surface area contributed by atoms with Crippen LogP contribution in [0.15, 0.2) is 46.9 Å². The number of hydrogen-bond donors (Lipinski definition) is 1. The molecule has 2 nitrogen and oxygen atoms in total. The normalized spacial score (nSPS) is 14.2. The molecule has 0 aromatic heterocycles. The van der Waals surface area contributed by atoms with Gasteiger partial charge in [-0.2, -0.15) is 0 Å². The molecule has 0 bridgehead atoms. The highest BCUT2D eigenvalue weighted by molar-refractivity contribution is 9.10. The molecule has 1 N–H and O–H groups in total. The molecule has 0 spiro atoms. The summed E-state index contributed by atoms with van der Waals surface area (Å²) in [6, 6.07) is 15.4. The summed E-state index contributed by atoms with van der Waals surface area (Å²) in [6.07, 6.45) is 1.13. The summed E-state index contributed by atoms with van der Waals surface area (Å²) < 4.78 is 1.18. The molecule has 0 amide bonds. The van der Waals surface area contributed by atoms with Crippen LogP contribution in [0.25, 0.3) is 0 Å². The summed E-state index contributed by atoms with van der Waals surface area (Å²) >= 11 is 3.68. The molecule has 104 valence electrons.